The quantitative estimate of drug-likeness (QED) is 0.927. The third-order valence-electron chi connectivity index (χ3n) is 4.54. The lowest BCUT2D eigenvalue weighted by Crippen LogP contribution is -2.43. The fourth-order valence-corrected chi connectivity index (χ4v) is 4.44. The maximum atomic E-state index is 13.5. The monoisotopic (exact) mass is 326 g/mol. The van der Waals surface area contributed by atoms with Crippen molar-refractivity contribution in [1.82, 2.24) is 10.2 Å². The molecule has 1 N–H and O–H groups in total. The largest absolute Gasteiger partial charge is 0.337 e. The van der Waals surface area contributed by atoms with Crippen LogP contribution in [0.2, 0.25) is 0 Å². The molecule has 0 bridgehead atoms. The van der Waals surface area contributed by atoms with Crippen LogP contribution in [0.5, 0.6) is 0 Å². The van der Waals surface area contributed by atoms with E-state index in [-0.39, 0.29) is 18.0 Å². The molecule has 0 saturated carbocycles. The summed E-state index contributed by atoms with van der Waals surface area (Å²) >= 11 is 1.95. The zero-order valence-corrected chi connectivity index (χ0v) is 13.3. The molecule has 0 radical (unpaired) electrons. The molecule has 2 heterocycles. The molecule has 0 spiro atoms. The lowest BCUT2D eigenvalue weighted by molar-refractivity contribution is -0.127. The number of rotatable bonds is 3. The summed E-state index contributed by atoms with van der Waals surface area (Å²) in [5.74, 6) is 0.577. The zero-order chi connectivity index (χ0) is 15.7. The van der Waals surface area contributed by atoms with Crippen LogP contribution in [0, 0.1) is 11.6 Å². The van der Waals surface area contributed by atoms with Gasteiger partial charge in [0, 0.05) is 25.6 Å². The highest BCUT2D eigenvalue weighted by Gasteiger charge is 2.39. The van der Waals surface area contributed by atoms with E-state index in [9.17, 15) is 13.6 Å². The molecule has 1 aromatic carbocycles. The van der Waals surface area contributed by atoms with Gasteiger partial charge in [-0.15, -0.1) is 0 Å². The highest BCUT2D eigenvalue weighted by Crippen LogP contribution is 2.33. The molecule has 3 rings (SSSR count). The summed E-state index contributed by atoms with van der Waals surface area (Å²) in [6.45, 7) is 0. The molecule has 0 unspecified atom stereocenters. The minimum atomic E-state index is -0.863. The van der Waals surface area contributed by atoms with Gasteiger partial charge in [-0.1, -0.05) is 6.07 Å². The number of nitrogens with one attached hydrogen (secondary N) is 1. The second-order valence-electron chi connectivity index (χ2n) is 5.99. The van der Waals surface area contributed by atoms with Crippen molar-refractivity contribution in [3.05, 3.63) is 35.4 Å². The third-order valence-corrected chi connectivity index (χ3v) is 5.59. The molecule has 120 valence electrons. The Kier molecular flexibility index (Phi) is 4.68. The number of hydrogen-bond donors (Lipinski definition) is 1. The number of likely N-dealkylation sites (N-methyl/N-ethyl adjacent to an activating group) is 1. The number of carbonyl (C=O) groups is 1. The van der Waals surface area contributed by atoms with Crippen LogP contribution in [0.25, 0.3) is 0 Å². The first-order valence-corrected chi connectivity index (χ1v) is 8.76. The van der Waals surface area contributed by atoms with Crippen molar-refractivity contribution in [3.63, 3.8) is 0 Å². The second-order valence-corrected chi connectivity index (χ2v) is 7.21. The summed E-state index contributed by atoms with van der Waals surface area (Å²) in [5.41, 5.74) is 0.648. The smallest absolute Gasteiger partial charge is 0.224 e. The Morgan fingerprint density at radius 1 is 1.23 bits per heavy atom. The molecule has 2 saturated heterocycles. The number of thioether (sulfide) groups is 1. The summed E-state index contributed by atoms with van der Waals surface area (Å²) < 4.78 is 26.7. The minimum absolute atomic E-state index is 0.0393. The number of hydrogen-bond acceptors (Lipinski definition) is 3. The zero-order valence-electron chi connectivity index (χ0n) is 12.5. The van der Waals surface area contributed by atoms with Crippen molar-refractivity contribution < 1.29 is 13.6 Å². The summed E-state index contributed by atoms with van der Waals surface area (Å²) in [5, 5.41) is 3.57. The fraction of sp³-hybridized carbons (Fsp3) is 0.562. The van der Waals surface area contributed by atoms with Gasteiger partial charge >= 0.3 is 0 Å². The molecule has 2 fully saturated rings. The van der Waals surface area contributed by atoms with E-state index in [4.69, 9.17) is 0 Å². The van der Waals surface area contributed by atoms with Crippen LogP contribution in [0.1, 0.15) is 30.9 Å². The Hall–Kier alpha value is -1.14. The molecule has 3 nitrogen and oxygen atoms in total. The Bertz CT molecular complexity index is 563. The van der Waals surface area contributed by atoms with Gasteiger partial charge in [0.15, 0.2) is 11.6 Å². The van der Waals surface area contributed by atoms with Crippen molar-refractivity contribution in [1.29, 1.82) is 0 Å². The highest BCUT2D eigenvalue weighted by molar-refractivity contribution is 7.99. The van der Waals surface area contributed by atoms with Crippen LogP contribution in [0.3, 0.4) is 0 Å². The van der Waals surface area contributed by atoms with Crippen LogP contribution in [0.15, 0.2) is 18.2 Å². The normalized spacial score (nSPS) is 26.7. The van der Waals surface area contributed by atoms with Gasteiger partial charge in [-0.25, -0.2) is 8.78 Å². The van der Waals surface area contributed by atoms with Crippen molar-refractivity contribution in [3.8, 4) is 0 Å². The summed E-state index contributed by atoms with van der Waals surface area (Å²) in [4.78, 5) is 13.7. The van der Waals surface area contributed by atoms with Crippen LogP contribution in [-0.4, -0.2) is 41.4 Å². The van der Waals surface area contributed by atoms with Gasteiger partial charge in [-0.05, 0) is 42.0 Å². The van der Waals surface area contributed by atoms with E-state index >= 15 is 0 Å². The van der Waals surface area contributed by atoms with Gasteiger partial charge < -0.3 is 10.2 Å². The molecule has 2 aliphatic rings. The van der Waals surface area contributed by atoms with E-state index in [0.717, 1.165) is 30.4 Å². The number of nitrogens with zero attached hydrogens (tertiary/aromatic N) is 1. The summed E-state index contributed by atoms with van der Waals surface area (Å²) in [6.07, 6.45) is 2.58. The molecule has 0 aromatic heterocycles. The highest BCUT2D eigenvalue weighted by atomic mass is 32.2. The lowest BCUT2D eigenvalue weighted by Gasteiger charge is -2.31. The van der Waals surface area contributed by atoms with Gasteiger partial charge in [-0.3, -0.25) is 4.79 Å². The van der Waals surface area contributed by atoms with Gasteiger partial charge in [-0.2, -0.15) is 11.8 Å². The Morgan fingerprint density at radius 2 is 1.95 bits per heavy atom. The molecule has 22 heavy (non-hydrogen) atoms. The van der Waals surface area contributed by atoms with Crippen LogP contribution in [-0.2, 0) is 4.79 Å². The molecule has 6 heteroatoms. The average Bonchev–Trinajstić information content (AvgIpc) is 2.78. The van der Waals surface area contributed by atoms with Crippen LogP contribution in [0.4, 0.5) is 8.78 Å². The van der Waals surface area contributed by atoms with Gasteiger partial charge in [0.05, 0.1) is 6.04 Å². The molecule has 0 aliphatic carbocycles. The van der Waals surface area contributed by atoms with E-state index < -0.39 is 11.6 Å². The van der Waals surface area contributed by atoms with E-state index in [1.807, 2.05) is 11.8 Å². The first kappa shape index (κ1) is 15.7. The molecule has 1 amide bonds. The van der Waals surface area contributed by atoms with Crippen molar-refractivity contribution in [2.45, 2.75) is 37.4 Å². The number of benzene rings is 1. The van der Waals surface area contributed by atoms with Crippen LogP contribution < -0.4 is 5.32 Å². The predicted octanol–water partition coefficient (Wildman–Crippen LogP) is 2.72. The van der Waals surface area contributed by atoms with Crippen molar-refractivity contribution in [2.24, 2.45) is 0 Å². The van der Waals surface area contributed by atoms with E-state index in [0.29, 0.717) is 18.0 Å². The molecule has 2 aliphatic heterocycles. The average molecular weight is 326 g/mol. The van der Waals surface area contributed by atoms with Gasteiger partial charge in [0.1, 0.15) is 0 Å². The lowest BCUT2D eigenvalue weighted by atomic mass is 9.98. The first-order valence-electron chi connectivity index (χ1n) is 7.60. The van der Waals surface area contributed by atoms with Crippen LogP contribution >= 0.6 is 11.8 Å². The van der Waals surface area contributed by atoms with E-state index in [1.54, 1.807) is 18.0 Å². The molecule has 1 aromatic rings. The molecular formula is C16H20F2N2OS. The number of amides is 1. The van der Waals surface area contributed by atoms with E-state index in [2.05, 4.69) is 5.32 Å². The second kappa shape index (κ2) is 6.54. The van der Waals surface area contributed by atoms with E-state index in [1.165, 1.54) is 6.07 Å². The topological polar surface area (TPSA) is 32.3 Å². The fourth-order valence-electron chi connectivity index (χ4n) is 3.34. The Morgan fingerprint density at radius 3 is 2.64 bits per heavy atom. The standard InChI is InChI=1S/C16H20F2N2OS/c1-20-15(21)9-14(19-11-4-6-22-7-5-11)16(20)10-2-3-12(17)13(18)8-10/h2-3,8,11,14,16,19H,4-7,9H2,1H3/t14-,16-/m1/s1. The first-order chi connectivity index (χ1) is 10.6. The minimum Gasteiger partial charge on any atom is -0.337 e. The maximum Gasteiger partial charge on any atom is 0.224 e. The van der Waals surface area contributed by atoms with Crippen molar-refractivity contribution >= 4 is 17.7 Å². The molecular weight excluding hydrogens is 306 g/mol. The summed E-state index contributed by atoms with van der Waals surface area (Å²) in [6, 6.07) is 4.03. The number of halogens is 2. The molecule has 2 atom stereocenters. The predicted molar refractivity (Wildman–Crippen MR) is 83.8 cm³/mol. The Balaban J connectivity index is 1.81. The maximum absolute atomic E-state index is 13.5. The third kappa shape index (κ3) is 3.13. The number of likely N-dealkylation sites (tertiary alicyclic amines) is 1. The van der Waals surface area contributed by atoms with Crippen molar-refractivity contribution in [2.75, 3.05) is 18.6 Å². The summed E-state index contributed by atoms with van der Waals surface area (Å²) in [7, 11) is 1.73. The SMILES string of the molecule is CN1C(=O)C[C@@H](NC2CCSCC2)[C@H]1c1ccc(F)c(F)c1. The van der Waals surface area contributed by atoms with Gasteiger partial charge in [0.25, 0.3) is 0 Å². The number of carbonyl (C=O) groups excluding carboxylic acids is 1. The van der Waals surface area contributed by atoms with Gasteiger partial charge in [0.2, 0.25) is 5.91 Å². The Labute approximate surface area is 133 Å².